The fourth-order valence-electron chi connectivity index (χ4n) is 3.73. The summed E-state index contributed by atoms with van der Waals surface area (Å²) in [6.45, 7) is 4.88. The summed E-state index contributed by atoms with van der Waals surface area (Å²) in [6, 6.07) is 8.74. The number of hydrogen-bond acceptors (Lipinski definition) is 4. The summed E-state index contributed by atoms with van der Waals surface area (Å²) in [6.07, 6.45) is 6.96. The molecule has 1 N–H and O–H groups in total. The van der Waals surface area contributed by atoms with Crippen molar-refractivity contribution in [2.24, 2.45) is 12.0 Å². The highest BCUT2D eigenvalue weighted by Crippen LogP contribution is 2.16. The summed E-state index contributed by atoms with van der Waals surface area (Å²) in [4.78, 5) is 13.4. The minimum absolute atomic E-state index is 0. The quantitative estimate of drug-likeness (QED) is 0.367. The first-order chi connectivity index (χ1) is 13.7. The molecule has 8 heteroatoms. The molecule has 0 amide bonds. The minimum atomic E-state index is 0. The first-order valence-corrected chi connectivity index (χ1v) is 10.2. The average Bonchev–Trinajstić information content (AvgIpc) is 2.93. The van der Waals surface area contributed by atoms with Crippen LogP contribution in [0.4, 0.5) is 0 Å². The lowest BCUT2D eigenvalue weighted by molar-refractivity contribution is 0.276. The Hall–Kier alpha value is -1.68. The zero-order valence-electron chi connectivity index (χ0n) is 17.8. The van der Waals surface area contributed by atoms with Crippen LogP contribution in [0.25, 0.3) is 0 Å². The van der Waals surface area contributed by atoms with Crippen LogP contribution in [-0.2, 0) is 26.7 Å². The SMILES string of the molecule is CN=C(NCc1ccccc1CN1CCCCCC1)N(C)Cc1ncnn1C.I. The zero-order chi connectivity index (χ0) is 19.8. The Bertz CT molecular complexity index is 766. The normalized spacial score (nSPS) is 15.5. The fourth-order valence-corrected chi connectivity index (χ4v) is 3.73. The van der Waals surface area contributed by atoms with E-state index in [1.165, 1.54) is 49.9 Å². The van der Waals surface area contributed by atoms with Crippen molar-refractivity contribution in [3.05, 3.63) is 47.5 Å². The first kappa shape index (κ1) is 23.6. The number of hydrogen-bond donors (Lipinski definition) is 1. The maximum atomic E-state index is 4.43. The van der Waals surface area contributed by atoms with E-state index in [-0.39, 0.29) is 24.0 Å². The monoisotopic (exact) mass is 511 g/mol. The zero-order valence-corrected chi connectivity index (χ0v) is 20.2. The summed E-state index contributed by atoms with van der Waals surface area (Å²) in [5, 5.41) is 7.64. The molecule has 0 spiro atoms. The standard InChI is InChI=1S/C21H33N7.HI/c1-22-21(26(2)16-20-24-17-25-27(20)3)23-14-18-10-6-7-11-19(18)15-28-12-8-4-5-9-13-28;/h6-7,10-11,17H,4-5,8-9,12-16H2,1-3H3,(H,22,23);1H. The molecule has 0 atom stereocenters. The first-order valence-electron chi connectivity index (χ1n) is 10.2. The molecule has 0 saturated carbocycles. The van der Waals surface area contributed by atoms with Gasteiger partial charge in [0.05, 0.1) is 6.54 Å². The van der Waals surface area contributed by atoms with Crippen LogP contribution in [0.1, 0.15) is 42.6 Å². The Morgan fingerprint density at radius 3 is 2.45 bits per heavy atom. The predicted molar refractivity (Wildman–Crippen MR) is 128 cm³/mol. The number of rotatable bonds is 6. The highest BCUT2D eigenvalue weighted by Gasteiger charge is 2.13. The van der Waals surface area contributed by atoms with E-state index in [4.69, 9.17) is 0 Å². The van der Waals surface area contributed by atoms with Crippen molar-refractivity contribution >= 4 is 29.9 Å². The van der Waals surface area contributed by atoms with Crippen LogP contribution in [-0.4, -0.2) is 57.7 Å². The molecular weight excluding hydrogens is 477 g/mol. The third-order valence-corrected chi connectivity index (χ3v) is 5.41. The molecular formula is C21H34IN7. The second-order valence-electron chi connectivity index (χ2n) is 7.52. The van der Waals surface area contributed by atoms with Crippen LogP contribution < -0.4 is 5.32 Å². The van der Waals surface area contributed by atoms with E-state index < -0.39 is 0 Å². The number of nitrogens with zero attached hydrogens (tertiary/aromatic N) is 6. The Morgan fingerprint density at radius 1 is 1.14 bits per heavy atom. The number of aromatic nitrogens is 3. The van der Waals surface area contributed by atoms with Crippen LogP contribution in [0.2, 0.25) is 0 Å². The lowest BCUT2D eigenvalue weighted by Gasteiger charge is -2.24. The molecule has 0 bridgehead atoms. The summed E-state index contributed by atoms with van der Waals surface area (Å²) >= 11 is 0. The van der Waals surface area contributed by atoms with Crippen LogP contribution in [0, 0.1) is 0 Å². The van der Waals surface area contributed by atoms with Crippen molar-refractivity contribution in [1.29, 1.82) is 0 Å². The molecule has 29 heavy (non-hydrogen) atoms. The second-order valence-corrected chi connectivity index (χ2v) is 7.52. The smallest absolute Gasteiger partial charge is 0.194 e. The van der Waals surface area contributed by atoms with Crippen molar-refractivity contribution < 1.29 is 0 Å². The number of nitrogens with one attached hydrogen (secondary N) is 1. The maximum Gasteiger partial charge on any atom is 0.194 e. The summed E-state index contributed by atoms with van der Waals surface area (Å²) in [5.41, 5.74) is 2.74. The Balaban J connectivity index is 0.00000300. The highest BCUT2D eigenvalue weighted by atomic mass is 127. The van der Waals surface area contributed by atoms with E-state index in [2.05, 4.69) is 54.5 Å². The largest absolute Gasteiger partial charge is 0.352 e. The fraction of sp³-hybridized carbons (Fsp3) is 0.571. The second kappa shape index (κ2) is 12.1. The Kier molecular flexibility index (Phi) is 9.86. The van der Waals surface area contributed by atoms with Gasteiger partial charge in [-0.25, -0.2) is 4.98 Å². The highest BCUT2D eigenvalue weighted by molar-refractivity contribution is 14.0. The van der Waals surface area contributed by atoms with E-state index in [1.807, 2.05) is 21.1 Å². The number of halogens is 1. The molecule has 1 aromatic heterocycles. The van der Waals surface area contributed by atoms with Crippen molar-refractivity contribution in [2.75, 3.05) is 27.2 Å². The molecule has 1 aliphatic heterocycles. The van der Waals surface area contributed by atoms with Gasteiger partial charge in [0.2, 0.25) is 0 Å². The van der Waals surface area contributed by atoms with Gasteiger partial charge in [-0.3, -0.25) is 14.6 Å². The van der Waals surface area contributed by atoms with Gasteiger partial charge in [-0.15, -0.1) is 24.0 Å². The molecule has 2 heterocycles. The Morgan fingerprint density at radius 2 is 1.83 bits per heavy atom. The average molecular weight is 511 g/mol. The minimum Gasteiger partial charge on any atom is -0.352 e. The predicted octanol–water partition coefficient (Wildman–Crippen LogP) is 3.02. The van der Waals surface area contributed by atoms with Crippen molar-refractivity contribution in [3.63, 3.8) is 0 Å². The van der Waals surface area contributed by atoms with Crippen molar-refractivity contribution in [1.82, 2.24) is 29.9 Å². The van der Waals surface area contributed by atoms with Crippen LogP contribution in [0.5, 0.6) is 0 Å². The third kappa shape index (κ3) is 6.95. The van der Waals surface area contributed by atoms with Gasteiger partial charge in [0.1, 0.15) is 12.2 Å². The van der Waals surface area contributed by atoms with E-state index in [0.29, 0.717) is 6.54 Å². The van der Waals surface area contributed by atoms with E-state index in [1.54, 1.807) is 11.0 Å². The summed E-state index contributed by atoms with van der Waals surface area (Å²) < 4.78 is 1.79. The summed E-state index contributed by atoms with van der Waals surface area (Å²) in [7, 11) is 5.75. The molecule has 0 aliphatic carbocycles. The van der Waals surface area contributed by atoms with Gasteiger partial charge < -0.3 is 10.2 Å². The maximum absolute atomic E-state index is 4.43. The van der Waals surface area contributed by atoms with Gasteiger partial charge in [-0.2, -0.15) is 5.10 Å². The van der Waals surface area contributed by atoms with E-state index in [9.17, 15) is 0 Å². The third-order valence-electron chi connectivity index (χ3n) is 5.41. The molecule has 1 fully saturated rings. The lowest BCUT2D eigenvalue weighted by Crippen LogP contribution is -2.38. The van der Waals surface area contributed by atoms with Crippen LogP contribution >= 0.6 is 24.0 Å². The van der Waals surface area contributed by atoms with Gasteiger partial charge in [0, 0.05) is 34.2 Å². The van der Waals surface area contributed by atoms with Crippen LogP contribution in [0.3, 0.4) is 0 Å². The molecule has 0 radical (unpaired) electrons. The summed E-state index contributed by atoms with van der Waals surface area (Å²) in [5.74, 6) is 1.76. The van der Waals surface area contributed by atoms with E-state index in [0.717, 1.165) is 24.9 Å². The van der Waals surface area contributed by atoms with Gasteiger partial charge in [-0.1, -0.05) is 37.1 Å². The molecule has 1 aliphatic rings. The van der Waals surface area contributed by atoms with Gasteiger partial charge in [0.15, 0.2) is 5.96 Å². The lowest BCUT2D eigenvalue weighted by atomic mass is 10.1. The number of likely N-dealkylation sites (tertiary alicyclic amines) is 1. The molecule has 1 saturated heterocycles. The molecule has 0 unspecified atom stereocenters. The molecule has 3 rings (SSSR count). The molecule has 7 nitrogen and oxygen atoms in total. The molecule has 2 aromatic rings. The number of guanidine groups is 1. The van der Waals surface area contributed by atoms with Crippen molar-refractivity contribution in [2.45, 2.75) is 45.3 Å². The van der Waals surface area contributed by atoms with Crippen LogP contribution in [0.15, 0.2) is 35.6 Å². The van der Waals surface area contributed by atoms with E-state index >= 15 is 0 Å². The van der Waals surface area contributed by atoms with Gasteiger partial charge in [0.25, 0.3) is 0 Å². The number of aryl methyl sites for hydroxylation is 1. The number of aliphatic imine (C=N–C) groups is 1. The van der Waals surface area contributed by atoms with Gasteiger partial charge in [-0.05, 0) is 37.1 Å². The van der Waals surface area contributed by atoms with Gasteiger partial charge >= 0.3 is 0 Å². The molecule has 1 aromatic carbocycles. The molecule has 160 valence electrons. The topological polar surface area (TPSA) is 61.6 Å². The Labute approximate surface area is 191 Å². The number of benzene rings is 1. The van der Waals surface area contributed by atoms with Crippen molar-refractivity contribution in [3.8, 4) is 0 Å².